The molecule has 1 aromatic carbocycles. The van der Waals surface area contributed by atoms with E-state index in [2.05, 4.69) is 20.7 Å². The molecule has 1 aliphatic rings. The Labute approximate surface area is 168 Å². The Kier molecular flexibility index (Phi) is 8.15. The molecule has 154 valence electrons. The summed E-state index contributed by atoms with van der Waals surface area (Å²) in [6.07, 6.45) is 0.946. The molecule has 0 saturated carbocycles. The van der Waals surface area contributed by atoms with Crippen LogP contribution in [0.5, 0.6) is 0 Å². The van der Waals surface area contributed by atoms with Crippen LogP contribution in [0.1, 0.15) is 31.2 Å². The van der Waals surface area contributed by atoms with E-state index < -0.39 is 35.9 Å². The molecule has 0 spiro atoms. The van der Waals surface area contributed by atoms with E-state index in [0.29, 0.717) is 12.8 Å². The minimum atomic E-state index is -1.02. The fraction of sp³-hybridized carbons (Fsp3) is 0.450. The average Bonchev–Trinajstić information content (AvgIpc) is 2.71. The van der Waals surface area contributed by atoms with Crippen LogP contribution >= 0.6 is 0 Å². The van der Waals surface area contributed by atoms with Crippen molar-refractivity contribution >= 4 is 23.7 Å². The average molecular weight is 400 g/mol. The van der Waals surface area contributed by atoms with E-state index in [0.717, 1.165) is 5.56 Å². The molecule has 9 nitrogen and oxygen atoms in total. The van der Waals surface area contributed by atoms with Crippen molar-refractivity contribution in [2.75, 3.05) is 7.11 Å². The topological polar surface area (TPSA) is 137 Å². The Morgan fingerprint density at radius 1 is 1.17 bits per heavy atom. The summed E-state index contributed by atoms with van der Waals surface area (Å²) in [6, 6.07) is 8.60. The van der Waals surface area contributed by atoms with Crippen molar-refractivity contribution in [2.24, 2.45) is 0 Å². The molecule has 0 radical (unpaired) electrons. The van der Waals surface area contributed by atoms with Gasteiger partial charge in [-0.05, 0) is 18.4 Å². The largest absolute Gasteiger partial charge is 0.467 e. The van der Waals surface area contributed by atoms with E-state index in [1.54, 1.807) is 0 Å². The molecule has 29 heavy (non-hydrogen) atoms. The van der Waals surface area contributed by atoms with E-state index in [9.17, 15) is 19.2 Å². The monoisotopic (exact) mass is 400 g/mol. The van der Waals surface area contributed by atoms with Gasteiger partial charge in [0, 0.05) is 12.8 Å². The number of nitrogens with one attached hydrogen (secondary N) is 3. The summed E-state index contributed by atoms with van der Waals surface area (Å²) in [5.41, 5.74) is 0.905. The number of carbonyl (C=O) groups is 4. The van der Waals surface area contributed by atoms with Gasteiger partial charge in [0.1, 0.15) is 18.1 Å². The van der Waals surface area contributed by atoms with Crippen molar-refractivity contribution in [2.45, 2.75) is 50.2 Å². The summed E-state index contributed by atoms with van der Waals surface area (Å²) in [5.74, 6) is -2.03. The Balaban J connectivity index is 1.90. The van der Waals surface area contributed by atoms with E-state index in [1.807, 2.05) is 36.4 Å². The highest BCUT2D eigenvalue weighted by atomic mass is 16.5. The molecular formula is C20H24N4O5. The normalized spacial score (nSPS) is 19.3. The van der Waals surface area contributed by atoms with Gasteiger partial charge in [-0.2, -0.15) is 5.26 Å². The second kappa shape index (κ2) is 10.8. The number of unbranched alkanes of at least 4 members (excludes halogenated alkanes) is 1. The summed E-state index contributed by atoms with van der Waals surface area (Å²) in [7, 11) is 1.20. The number of methoxy groups -OCH3 is 1. The van der Waals surface area contributed by atoms with Crippen LogP contribution < -0.4 is 16.0 Å². The number of hydrogen-bond acceptors (Lipinski definition) is 6. The molecule has 0 bridgehead atoms. The summed E-state index contributed by atoms with van der Waals surface area (Å²) in [4.78, 5) is 48.7. The number of benzene rings is 1. The highest BCUT2D eigenvalue weighted by molar-refractivity contribution is 5.99. The Bertz CT molecular complexity index is 790. The van der Waals surface area contributed by atoms with Crippen molar-refractivity contribution in [1.29, 1.82) is 5.26 Å². The number of amides is 3. The van der Waals surface area contributed by atoms with Gasteiger partial charge in [-0.25, -0.2) is 4.79 Å². The molecule has 9 heteroatoms. The smallest absolute Gasteiger partial charge is 0.328 e. The van der Waals surface area contributed by atoms with Crippen molar-refractivity contribution in [3.05, 3.63) is 35.9 Å². The Morgan fingerprint density at radius 2 is 1.83 bits per heavy atom. The number of hydrogen-bond donors (Lipinski definition) is 3. The zero-order valence-electron chi connectivity index (χ0n) is 16.1. The number of rotatable bonds is 9. The van der Waals surface area contributed by atoms with E-state index in [-0.39, 0.29) is 25.2 Å². The van der Waals surface area contributed by atoms with Gasteiger partial charge in [0.25, 0.3) is 0 Å². The molecule has 1 aromatic rings. The lowest BCUT2D eigenvalue weighted by Gasteiger charge is -2.29. The quantitative estimate of drug-likeness (QED) is 0.393. The summed E-state index contributed by atoms with van der Waals surface area (Å²) in [5, 5.41) is 16.3. The zero-order valence-corrected chi connectivity index (χ0v) is 16.1. The number of ether oxygens (including phenoxy) is 1. The lowest BCUT2D eigenvalue weighted by Crippen LogP contribution is -2.63. The third-order valence-corrected chi connectivity index (χ3v) is 4.54. The predicted octanol–water partition coefficient (Wildman–Crippen LogP) is -0.0459. The Morgan fingerprint density at radius 3 is 2.48 bits per heavy atom. The van der Waals surface area contributed by atoms with Gasteiger partial charge in [-0.3, -0.25) is 14.4 Å². The van der Waals surface area contributed by atoms with Crippen LogP contribution in [-0.4, -0.2) is 48.9 Å². The number of nitrogens with zero attached hydrogens (tertiary/aromatic N) is 1. The van der Waals surface area contributed by atoms with Crippen LogP contribution in [-0.2, 0) is 30.3 Å². The van der Waals surface area contributed by atoms with Crippen molar-refractivity contribution < 1.29 is 23.9 Å². The van der Waals surface area contributed by atoms with Crippen LogP contribution in [0.25, 0.3) is 0 Å². The second-order valence-corrected chi connectivity index (χ2v) is 6.71. The molecule has 1 fully saturated rings. The number of esters is 1. The second-order valence-electron chi connectivity index (χ2n) is 6.71. The van der Waals surface area contributed by atoms with Crippen LogP contribution in [0.4, 0.5) is 0 Å². The predicted molar refractivity (Wildman–Crippen MR) is 102 cm³/mol. The zero-order chi connectivity index (χ0) is 21.2. The number of nitriles is 1. The first-order valence-electron chi connectivity index (χ1n) is 9.33. The van der Waals surface area contributed by atoms with Crippen LogP contribution in [0.3, 0.4) is 0 Å². The molecule has 0 aliphatic carbocycles. The lowest BCUT2D eigenvalue weighted by atomic mass is 10.0. The molecule has 1 saturated heterocycles. The van der Waals surface area contributed by atoms with Crippen LogP contribution in [0.15, 0.2) is 30.3 Å². The third-order valence-electron chi connectivity index (χ3n) is 4.54. The molecule has 1 heterocycles. The molecule has 3 atom stereocenters. The van der Waals surface area contributed by atoms with Gasteiger partial charge >= 0.3 is 5.97 Å². The van der Waals surface area contributed by atoms with Gasteiger partial charge in [-0.1, -0.05) is 30.3 Å². The number of carbonyl (C=O) groups excluding carboxylic acids is 4. The molecule has 3 N–H and O–H groups in total. The van der Waals surface area contributed by atoms with Crippen LogP contribution in [0.2, 0.25) is 0 Å². The van der Waals surface area contributed by atoms with Gasteiger partial charge in [-0.15, -0.1) is 0 Å². The summed E-state index contributed by atoms with van der Waals surface area (Å²) >= 11 is 0. The fourth-order valence-electron chi connectivity index (χ4n) is 3.03. The minimum Gasteiger partial charge on any atom is -0.467 e. The molecule has 2 rings (SSSR count). The van der Waals surface area contributed by atoms with E-state index in [4.69, 9.17) is 5.26 Å². The summed E-state index contributed by atoms with van der Waals surface area (Å²) < 4.78 is 4.66. The molecule has 0 unspecified atom stereocenters. The minimum absolute atomic E-state index is 0.243. The lowest BCUT2D eigenvalue weighted by molar-refractivity contribution is -0.145. The van der Waals surface area contributed by atoms with E-state index >= 15 is 0 Å². The fourth-order valence-corrected chi connectivity index (χ4v) is 3.03. The third kappa shape index (κ3) is 6.60. The first-order chi connectivity index (χ1) is 13.9. The van der Waals surface area contributed by atoms with Gasteiger partial charge in [0.15, 0.2) is 0 Å². The van der Waals surface area contributed by atoms with Gasteiger partial charge in [0.05, 0.1) is 19.6 Å². The van der Waals surface area contributed by atoms with Crippen molar-refractivity contribution in [3.63, 3.8) is 0 Å². The SMILES string of the molecule is COC(=O)[C@@H](CCCC#N)NC(=O)C[C@@H]1NC(=O)[C@H](Cc2ccccc2)NC1=O. The first kappa shape index (κ1) is 21.9. The maximum Gasteiger partial charge on any atom is 0.328 e. The van der Waals surface area contributed by atoms with Crippen molar-refractivity contribution in [3.8, 4) is 6.07 Å². The van der Waals surface area contributed by atoms with Crippen molar-refractivity contribution in [1.82, 2.24) is 16.0 Å². The number of piperazine rings is 1. The summed E-state index contributed by atoms with van der Waals surface area (Å²) in [6.45, 7) is 0. The Hall–Kier alpha value is -3.41. The molecular weight excluding hydrogens is 376 g/mol. The molecule has 3 amide bonds. The van der Waals surface area contributed by atoms with Gasteiger partial charge < -0.3 is 20.7 Å². The highest BCUT2D eigenvalue weighted by Gasteiger charge is 2.35. The first-order valence-corrected chi connectivity index (χ1v) is 9.33. The maximum absolute atomic E-state index is 12.3. The molecule has 1 aliphatic heterocycles. The standard InChI is InChI=1S/C20H24N4O5/c1-29-20(28)14(9-5-6-10-21)22-17(25)12-16-19(27)23-15(18(26)24-16)11-13-7-3-2-4-8-13/h2-4,7-8,14-16H,5-6,9,11-12H2,1H3,(H,22,25)(H,23,27)(H,24,26)/t14-,15+,16+/m1/s1. The molecule has 0 aromatic heterocycles. The maximum atomic E-state index is 12.3. The van der Waals surface area contributed by atoms with E-state index in [1.165, 1.54) is 7.11 Å². The van der Waals surface area contributed by atoms with Gasteiger partial charge in [0.2, 0.25) is 17.7 Å². The highest BCUT2D eigenvalue weighted by Crippen LogP contribution is 2.09. The van der Waals surface area contributed by atoms with Crippen LogP contribution in [0, 0.1) is 11.3 Å².